The fourth-order valence-corrected chi connectivity index (χ4v) is 6.32. The number of rotatable bonds is 5. The lowest BCUT2D eigenvalue weighted by molar-refractivity contribution is -0.118. The van der Waals surface area contributed by atoms with Crippen molar-refractivity contribution in [2.45, 2.75) is 53.1 Å². The fourth-order valence-electron chi connectivity index (χ4n) is 5.80. The molecule has 0 bridgehead atoms. The van der Waals surface area contributed by atoms with Gasteiger partial charge in [0.25, 0.3) is 0 Å². The van der Waals surface area contributed by atoms with Crippen LogP contribution >= 0.6 is 27.5 Å². The molecule has 7 heteroatoms. The lowest BCUT2D eigenvalue weighted by Crippen LogP contribution is -2.42. The molecule has 3 aromatic carbocycles. The Morgan fingerprint density at radius 1 is 1.10 bits per heavy atom. The number of nitrogens with two attached hydrogens (primary N) is 1. The molecule has 1 aliphatic heterocycles. The minimum Gasteiger partial charge on any atom is -0.489 e. The Hall–Kier alpha value is -3.53. The molecule has 1 atom stereocenters. The number of halogens is 2. The molecule has 2 N–H and O–H groups in total. The molecule has 0 spiro atoms. The number of hydrogen-bond acceptors (Lipinski definition) is 5. The maximum atomic E-state index is 13.9. The van der Waals surface area contributed by atoms with Crippen molar-refractivity contribution in [2.75, 3.05) is 4.90 Å². The number of allylic oxidation sites excluding steroid dienone is 3. The summed E-state index contributed by atoms with van der Waals surface area (Å²) in [5.74, 6) is 0.566. The molecule has 1 unspecified atom stereocenters. The number of hydrogen-bond donors (Lipinski definition) is 1. The number of benzene rings is 3. The zero-order valence-corrected chi connectivity index (χ0v) is 25.4. The van der Waals surface area contributed by atoms with E-state index in [1.54, 1.807) is 12.1 Å². The van der Waals surface area contributed by atoms with Gasteiger partial charge < -0.3 is 10.5 Å². The molecule has 0 amide bonds. The van der Waals surface area contributed by atoms with Crippen LogP contribution in [0.4, 0.5) is 5.69 Å². The third-order valence-electron chi connectivity index (χ3n) is 7.69. The van der Waals surface area contributed by atoms with Crippen LogP contribution in [-0.4, -0.2) is 5.78 Å². The summed E-state index contributed by atoms with van der Waals surface area (Å²) in [5, 5.41) is 11.1. The average Bonchev–Trinajstić information content (AvgIpc) is 2.88. The van der Waals surface area contributed by atoms with Crippen molar-refractivity contribution in [3.05, 3.63) is 115 Å². The van der Waals surface area contributed by atoms with Crippen LogP contribution in [0.25, 0.3) is 0 Å². The minimum absolute atomic E-state index is 0.0513. The molecular weight excluding hydrogens is 586 g/mol. The van der Waals surface area contributed by atoms with Crippen LogP contribution in [0, 0.1) is 30.6 Å². The van der Waals surface area contributed by atoms with Gasteiger partial charge >= 0.3 is 0 Å². The van der Waals surface area contributed by atoms with Crippen molar-refractivity contribution in [3.63, 3.8) is 0 Å². The van der Waals surface area contributed by atoms with Crippen LogP contribution in [0.1, 0.15) is 54.9 Å². The van der Waals surface area contributed by atoms with Gasteiger partial charge in [0.1, 0.15) is 18.2 Å². The lowest BCUT2D eigenvalue weighted by Gasteiger charge is -2.44. The highest BCUT2D eigenvalue weighted by atomic mass is 79.9. The summed E-state index contributed by atoms with van der Waals surface area (Å²) in [5.41, 5.74) is 13.2. The molecule has 1 aliphatic carbocycles. The normalized spacial score (nSPS) is 18.5. The zero-order chi connectivity index (χ0) is 28.8. The number of nitrogens with zero attached hydrogens (tertiary/aromatic N) is 2. The van der Waals surface area contributed by atoms with E-state index in [1.165, 1.54) is 0 Å². The van der Waals surface area contributed by atoms with Crippen LogP contribution in [0.2, 0.25) is 5.02 Å². The molecule has 5 nitrogen and oxygen atoms in total. The highest BCUT2D eigenvalue weighted by Gasteiger charge is 2.45. The molecule has 0 saturated carbocycles. The first kappa shape index (κ1) is 28.0. The van der Waals surface area contributed by atoms with Crippen LogP contribution in [0.3, 0.4) is 0 Å². The molecule has 0 saturated heterocycles. The van der Waals surface area contributed by atoms with Crippen molar-refractivity contribution in [1.82, 2.24) is 0 Å². The van der Waals surface area contributed by atoms with E-state index in [0.29, 0.717) is 47.2 Å². The predicted molar refractivity (Wildman–Crippen MR) is 163 cm³/mol. The fraction of sp³-hybridized carbons (Fsp3) is 0.273. The van der Waals surface area contributed by atoms with Crippen molar-refractivity contribution < 1.29 is 9.53 Å². The minimum atomic E-state index is -0.554. The number of aryl methyl sites for hydroxylation is 2. The monoisotopic (exact) mass is 615 g/mol. The lowest BCUT2D eigenvalue weighted by atomic mass is 9.68. The maximum Gasteiger partial charge on any atom is 0.162 e. The highest BCUT2D eigenvalue weighted by molar-refractivity contribution is 9.10. The van der Waals surface area contributed by atoms with Crippen LogP contribution < -0.4 is 15.4 Å². The third kappa shape index (κ3) is 5.29. The summed E-state index contributed by atoms with van der Waals surface area (Å²) >= 11 is 9.59. The van der Waals surface area contributed by atoms with Gasteiger partial charge in [-0.3, -0.25) is 9.69 Å². The first-order chi connectivity index (χ1) is 19.0. The summed E-state index contributed by atoms with van der Waals surface area (Å²) in [6.07, 6.45) is 1.07. The third-order valence-corrected chi connectivity index (χ3v) is 8.44. The van der Waals surface area contributed by atoms with Gasteiger partial charge in [-0.25, -0.2) is 0 Å². The number of carbonyl (C=O) groups is 1. The molecule has 204 valence electrons. The highest BCUT2D eigenvalue weighted by Crippen LogP contribution is 2.51. The smallest absolute Gasteiger partial charge is 0.162 e. The molecule has 40 heavy (non-hydrogen) atoms. The summed E-state index contributed by atoms with van der Waals surface area (Å²) < 4.78 is 6.96. The number of ketones is 1. The van der Waals surface area contributed by atoms with E-state index >= 15 is 0 Å². The number of anilines is 1. The van der Waals surface area contributed by atoms with Gasteiger partial charge in [0, 0.05) is 32.9 Å². The van der Waals surface area contributed by atoms with Crippen LogP contribution in [-0.2, 0) is 11.4 Å². The molecule has 5 rings (SSSR count). The van der Waals surface area contributed by atoms with Crippen molar-refractivity contribution >= 4 is 39.0 Å². The van der Waals surface area contributed by atoms with E-state index in [4.69, 9.17) is 22.1 Å². The molecule has 3 aromatic rings. The van der Waals surface area contributed by atoms with E-state index in [0.717, 1.165) is 38.1 Å². The predicted octanol–water partition coefficient (Wildman–Crippen LogP) is 8.24. The number of ether oxygens (including phenoxy) is 1. The van der Waals surface area contributed by atoms with Crippen LogP contribution in [0.15, 0.2) is 87.8 Å². The van der Waals surface area contributed by atoms with E-state index < -0.39 is 5.92 Å². The Labute approximate surface area is 249 Å². The van der Waals surface area contributed by atoms with Gasteiger partial charge in [-0.2, -0.15) is 5.26 Å². The summed E-state index contributed by atoms with van der Waals surface area (Å²) in [4.78, 5) is 15.8. The van der Waals surface area contributed by atoms with Crippen molar-refractivity contribution in [2.24, 2.45) is 11.1 Å². The first-order valence-corrected chi connectivity index (χ1v) is 14.4. The van der Waals surface area contributed by atoms with E-state index in [1.807, 2.05) is 55.1 Å². The van der Waals surface area contributed by atoms with Crippen LogP contribution in [0.5, 0.6) is 5.75 Å². The van der Waals surface area contributed by atoms with Gasteiger partial charge in [0.05, 0.1) is 17.6 Å². The van der Waals surface area contributed by atoms with Gasteiger partial charge in [0.2, 0.25) is 0 Å². The Kier molecular flexibility index (Phi) is 7.56. The van der Waals surface area contributed by atoms with Gasteiger partial charge in [-0.15, -0.1) is 0 Å². The number of nitriles is 1. The second-order valence-corrected chi connectivity index (χ2v) is 12.7. The quantitative estimate of drug-likeness (QED) is 0.312. The molecule has 0 fully saturated rings. The van der Waals surface area contributed by atoms with E-state index in [-0.39, 0.29) is 11.2 Å². The molecule has 1 heterocycles. The van der Waals surface area contributed by atoms with E-state index in [9.17, 15) is 10.1 Å². The summed E-state index contributed by atoms with van der Waals surface area (Å²) in [6, 6.07) is 21.6. The van der Waals surface area contributed by atoms with Gasteiger partial charge in [-0.05, 0) is 90.4 Å². The SMILES string of the molecule is Cc1cc(C)c(C2C(C#N)=C(N)N(c3cccc(Br)c3)C3=C2C(=O)CC(C)(C)C3)cc1COc1ccc(Cl)cc1. The maximum absolute atomic E-state index is 13.9. The first-order valence-electron chi connectivity index (χ1n) is 13.2. The Bertz CT molecular complexity index is 1620. The standard InChI is InChI=1S/C33H31BrClN3O2/c1-19-12-20(2)26(13-21(19)18-40-25-10-8-23(35)9-11-25)30-27(17-36)32(37)38(24-7-5-6-22(34)14-24)28-15-33(3,4)16-29(39)31(28)30/h5-14,30H,15-16,18,37H2,1-4H3. The van der Waals surface area contributed by atoms with Gasteiger partial charge in [0.15, 0.2) is 5.78 Å². The summed E-state index contributed by atoms with van der Waals surface area (Å²) in [7, 11) is 0. The largest absolute Gasteiger partial charge is 0.489 e. The van der Waals surface area contributed by atoms with E-state index in [2.05, 4.69) is 48.0 Å². The Balaban J connectivity index is 1.66. The molecule has 0 aromatic heterocycles. The number of carbonyl (C=O) groups excluding carboxylic acids is 1. The Morgan fingerprint density at radius 2 is 1.82 bits per heavy atom. The second-order valence-electron chi connectivity index (χ2n) is 11.3. The van der Waals surface area contributed by atoms with Gasteiger partial charge in [-0.1, -0.05) is 59.6 Å². The average molecular weight is 617 g/mol. The molecule has 2 aliphatic rings. The van der Waals surface area contributed by atoms with Crippen molar-refractivity contribution in [3.8, 4) is 11.8 Å². The number of Topliss-reactive ketones (excluding diaryl/α,β-unsaturated/α-hetero) is 1. The topological polar surface area (TPSA) is 79.4 Å². The summed E-state index contributed by atoms with van der Waals surface area (Å²) in [6.45, 7) is 8.61. The molecular formula is C33H31BrClN3O2. The molecule has 0 radical (unpaired) electrons. The Morgan fingerprint density at radius 3 is 2.50 bits per heavy atom. The second kappa shape index (κ2) is 10.8. The zero-order valence-electron chi connectivity index (χ0n) is 23.0. The van der Waals surface area contributed by atoms with Crippen molar-refractivity contribution in [1.29, 1.82) is 5.26 Å².